The monoisotopic (exact) mass is 301 g/mol. The zero-order valence-corrected chi connectivity index (χ0v) is 11.8. The Morgan fingerprint density at radius 3 is 2.85 bits per heavy atom. The summed E-state index contributed by atoms with van der Waals surface area (Å²) in [6.07, 6.45) is 0.529. The van der Waals surface area contributed by atoms with Crippen LogP contribution in [0, 0.1) is 5.82 Å². The van der Waals surface area contributed by atoms with Gasteiger partial charge in [0, 0.05) is 13.1 Å². The lowest BCUT2D eigenvalue weighted by Crippen LogP contribution is -2.31. The van der Waals surface area contributed by atoms with Crippen molar-refractivity contribution in [2.24, 2.45) is 0 Å². The molecule has 1 heterocycles. The fraction of sp³-hybridized carbons (Fsp3) is 0.417. The van der Waals surface area contributed by atoms with Crippen molar-refractivity contribution in [1.29, 1.82) is 0 Å². The van der Waals surface area contributed by atoms with Crippen molar-refractivity contribution < 1.29 is 12.8 Å². The van der Waals surface area contributed by atoms with E-state index in [1.165, 1.54) is 22.8 Å². The van der Waals surface area contributed by atoms with Crippen molar-refractivity contribution in [3.8, 4) is 0 Å². The van der Waals surface area contributed by atoms with Crippen LogP contribution in [0.15, 0.2) is 23.0 Å². The zero-order chi connectivity index (χ0) is 14.8. The molecule has 2 N–H and O–H groups in total. The highest BCUT2D eigenvalue weighted by molar-refractivity contribution is 7.89. The fourth-order valence-corrected chi connectivity index (χ4v) is 3.10. The van der Waals surface area contributed by atoms with Gasteiger partial charge in [-0.15, -0.1) is 0 Å². The van der Waals surface area contributed by atoms with Gasteiger partial charge in [-0.05, 0) is 24.6 Å². The molecule has 0 radical (unpaired) electrons. The van der Waals surface area contributed by atoms with Gasteiger partial charge in [-0.2, -0.15) is 0 Å². The number of nitrogens with one attached hydrogen (secondary N) is 2. The van der Waals surface area contributed by atoms with Gasteiger partial charge in [0.2, 0.25) is 10.0 Å². The predicted octanol–water partition coefficient (Wildman–Crippen LogP) is 0.798. The van der Waals surface area contributed by atoms with E-state index in [2.05, 4.69) is 9.71 Å². The summed E-state index contributed by atoms with van der Waals surface area (Å²) < 4.78 is 39.8. The van der Waals surface area contributed by atoms with E-state index in [1.54, 1.807) is 6.92 Å². The molecule has 2 aromatic rings. The molecule has 0 fully saturated rings. The van der Waals surface area contributed by atoms with Gasteiger partial charge < -0.3 is 4.98 Å². The number of rotatable bonds is 6. The van der Waals surface area contributed by atoms with E-state index in [9.17, 15) is 17.6 Å². The lowest BCUT2D eigenvalue weighted by molar-refractivity contribution is 0.571. The predicted molar refractivity (Wildman–Crippen MR) is 74.6 cm³/mol. The maximum atomic E-state index is 13.0. The van der Waals surface area contributed by atoms with Crippen LogP contribution in [-0.4, -0.2) is 30.3 Å². The quantitative estimate of drug-likeness (QED) is 0.827. The number of halogens is 1. The summed E-state index contributed by atoms with van der Waals surface area (Å²) in [5, 5.41) is 0. The molecular formula is C12H16FN3O3S. The first-order chi connectivity index (χ1) is 9.43. The maximum absolute atomic E-state index is 13.0. The molecular weight excluding hydrogens is 285 g/mol. The molecule has 0 saturated carbocycles. The van der Waals surface area contributed by atoms with E-state index >= 15 is 0 Å². The minimum atomic E-state index is -3.29. The zero-order valence-electron chi connectivity index (χ0n) is 11.0. The molecule has 20 heavy (non-hydrogen) atoms. The van der Waals surface area contributed by atoms with Gasteiger partial charge in [-0.3, -0.25) is 4.57 Å². The van der Waals surface area contributed by atoms with E-state index in [-0.39, 0.29) is 24.5 Å². The summed E-state index contributed by atoms with van der Waals surface area (Å²) in [6, 6.07) is 3.98. The first kappa shape index (κ1) is 14.7. The second-order valence-corrected chi connectivity index (χ2v) is 6.38. The van der Waals surface area contributed by atoms with Gasteiger partial charge in [0.15, 0.2) is 0 Å². The summed E-state index contributed by atoms with van der Waals surface area (Å²) in [6.45, 7) is 2.08. The Morgan fingerprint density at radius 1 is 1.40 bits per heavy atom. The SMILES string of the molecule is CCCS(=O)(=O)NCCn1c(=O)[nH]c2cc(F)ccc21. The van der Waals surface area contributed by atoms with Crippen molar-refractivity contribution in [3.63, 3.8) is 0 Å². The Kier molecular flexibility index (Phi) is 4.24. The molecule has 0 atom stereocenters. The number of hydrogen-bond donors (Lipinski definition) is 2. The first-order valence-electron chi connectivity index (χ1n) is 6.28. The van der Waals surface area contributed by atoms with E-state index in [1.807, 2.05) is 0 Å². The second kappa shape index (κ2) is 5.76. The third-order valence-corrected chi connectivity index (χ3v) is 4.46. The Bertz CT molecular complexity index is 764. The van der Waals surface area contributed by atoms with Crippen LogP contribution in [0.4, 0.5) is 4.39 Å². The molecule has 0 bridgehead atoms. The average Bonchev–Trinajstić information content (AvgIpc) is 2.64. The lowest BCUT2D eigenvalue weighted by Gasteiger charge is -2.06. The smallest absolute Gasteiger partial charge is 0.305 e. The molecule has 0 amide bonds. The largest absolute Gasteiger partial charge is 0.326 e. The number of benzene rings is 1. The maximum Gasteiger partial charge on any atom is 0.326 e. The van der Waals surface area contributed by atoms with Crippen molar-refractivity contribution in [1.82, 2.24) is 14.3 Å². The van der Waals surface area contributed by atoms with Crippen LogP contribution >= 0.6 is 0 Å². The van der Waals surface area contributed by atoms with Crippen LogP contribution in [0.1, 0.15) is 13.3 Å². The average molecular weight is 301 g/mol. The highest BCUT2D eigenvalue weighted by atomic mass is 32.2. The van der Waals surface area contributed by atoms with Gasteiger partial charge in [-0.25, -0.2) is 22.3 Å². The molecule has 1 aromatic carbocycles. The third-order valence-electron chi connectivity index (χ3n) is 2.87. The Labute approximate surface area is 115 Å². The molecule has 8 heteroatoms. The standard InChI is InChI=1S/C12H16FN3O3S/c1-2-7-20(18,19)14-5-6-16-11-4-3-9(13)8-10(11)15-12(16)17/h3-4,8,14H,2,5-7H2,1H3,(H,15,17). The van der Waals surface area contributed by atoms with Crippen LogP contribution in [0.2, 0.25) is 0 Å². The van der Waals surface area contributed by atoms with Crippen LogP contribution < -0.4 is 10.4 Å². The molecule has 0 aliphatic rings. The van der Waals surface area contributed by atoms with Crippen LogP contribution in [0.25, 0.3) is 11.0 Å². The van der Waals surface area contributed by atoms with Crippen LogP contribution in [-0.2, 0) is 16.6 Å². The second-order valence-electron chi connectivity index (χ2n) is 4.46. The van der Waals surface area contributed by atoms with Gasteiger partial charge in [0.25, 0.3) is 0 Å². The number of H-pyrrole nitrogens is 1. The number of aromatic nitrogens is 2. The van der Waals surface area contributed by atoms with Crippen molar-refractivity contribution in [3.05, 3.63) is 34.5 Å². The molecule has 110 valence electrons. The molecule has 0 saturated heterocycles. The minimum Gasteiger partial charge on any atom is -0.305 e. The van der Waals surface area contributed by atoms with Crippen molar-refractivity contribution in [2.45, 2.75) is 19.9 Å². The third kappa shape index (κ3) is 3.26. The summed E-state index contributed by atoms with van der Waals surface area (Å²) in [7, 11) is -3.29. The van der Waals surface area contributed by atoms with Crippen LogP contribution in [0.5, 0.6) is 0 Å². The first-order valence-corrected chi connectivity index (χ1v) is 7.93. The highest BCUT2D eigenvalue weighted by Crippen LogP contribution is 2.11. The minimum absolute atomic E-state index is 0.0565. The number of aromatic amines is 1. The topological polar surface area (TPSA) is 84.0 Å². The Balaban J connectivity index is 2.15. The number of hydrogen-bond acceptors (Lipinski definition) is 3. The van der Waals surface area contributed by atoms with E-state index in [0.717, 1.165) is 0 Å². The van der Waals surface area contributed by atoms with Crippen molar-refractivity contribution in [2.75, 3.05) is 12.3 Å². The molecule has 0 unspecified atom stereocenters. The summed E-state index contributed by atoms with van der Waals surface area (Å²) in [5.41, 5.74) is 0.554. The van der Waals surface area contributed by atoms with E-state index < -0.39 is 15.8 Å². The molecule has 2 rings (SSSR count). The summed E-state index contributed by atoms with van der Waals surface area (Å²) >= 11 is 0. The van der Waals surface area contributed by atoms with Crippen LogP contribution in [0.3, 0.4) is 0 Å². The number of fused-ring (bicyclic) bond motifs is 1. The van der Waals surface area contributed by atoms with E-state index in [0.29, 0.717) is 17.5 Å². The molecule has 1 aromatic heterocycles. The highest BCUT2D eigenvalue weighted by Gasteiger charge is 2.10. The summed E-state index contributed by atoms with van der Waals surface area (Å²) in [5.74, 6) is -0.379. The summed E-state index contributed by atoms with van der Waals surface area (Å²) in [4.78, 5) is 14.3. The number of imidazole rings is 1. The van der Waals surface area contributed by atoms with Gasteiger partial charge in [-0.1, -0.05) is 6.92 Å². The molecule has 0 aliphatic heterocycles. The molecule has 0 spiro atoms. The van der Waals surface area contributed by atoms with Gasteiger partial charge in [0.05, 0.1) is 16.8 Å². The van der Waals surface area contributed by atoms with Gasteiger partial charge in [0.1, 0.15) is 5.82 Å². The van der Waals surface area contributed by atoms with Crippen molar-refractivity contribution >= 4 is 21.1 Å². The number of sulfonamides is 1. The Hall–Kier alpha value is -1.67. The van der Waals surface area contributed by atoms with E-state index in [4.69, 9.17) is 0 Å². The lowest BCUT2D eigenvalue weighted by atomic mass is 10.3. The molecule has 0 aliphatic carbocycles. The van der Waals surface area contributed by atoms with Gasteiger partial charge >= 0.3 is 5.69 Å². The number of nitrogens with zero attached hydrogens (tertiary/aromatic N) is 1. The normalized spacial score (nSPS) is 12.1. The Morgan fingerprint density at radius 2 is 2.15 bits per heavy atom. The fourth-order valence-electron chi connectivity index (χ4n) is 2.01. The molecule has 6 nitrogen and oxygen atoms in total.